The van der Waals surface area contributed by atoms with Gasteiger partial charge in [-0.25, -0.2) is 13.1 Å². The molecule has 0 unspecified atom stereocenters. The zero-order valence-corrected chi connectivity index (χ0v) is 16.1. The highest BCUT2D eigenvalue weighted by molar-refractivity contribution is 7.92. The van der Waals surface area contributed by atoms with Crippen LogP contribution in [0.5, 0.6) is 5.75 Å². The molecule has 0 saturated heterocycles. The van der Waals surface area contributed by atoms with Crippen molar-refractivity contribution in [3.8, 4) is 11.4 Å². The Balaban J connectivity index is 1.83. The van der Waals surface area contributed by atoms with E-state index in [-0.39, 0.29) is 4.90 Å². The summed E-state index contributed by atoms with van der Waals surface area (Å²) < 4.78 is 34.3. The molecule has 0 radical (unpaired) electrons. The van der Waals surface area contributed by atoms with Gasteiger partial charge in [0, 0.05) is 5.69 Å². The number of rotatable bonds is 5. The summed E-state index contributed by atoms with van der Waals surface area (Å²) in [7, 11) is -2.15. The molecule has 2 aromatic carbocycles. The first-order valence-corrected chi connectivity index (χ1v) is 9.67. The standard InChI is InChI=1S/C18H18ClN3O3S/c1-12-18(19)13(2)22(20-12)15-6-4-14(5-7-15)21-26(23,24)17-10-8-16(25-3)9-11-17/h4-11,21H,1-3H3. The van der Waals surface area contributed by atoms with Gasteiger partial charge in [0.05, 0.1) is 34.1 Å². The van der Waals surface area contributed by atoms with Gasteiger partial charge < -0.3 is 4.74 Å². The van der Waals surface area contributed by atoms with Crippen molar-refractivity contribution >= 4 is 27.3 Å². The summed E-state index contributed by atoms with van der Waals surface area (Å²) in [6.07, 6.45) is 0. The second-order valence-corrected chi connectivity index (χ2v) is 7.78. The van der Waals surface area contributed by atoms with E-state index in [1.165, 1.54) is 19.2 Å². The molecule has 1 N–H and O–H groups in total. The van der Waals surface area contributed by atoms with E-state index in [9.17, 15) is 8.42 Å². The normalized spacial score (nSPS) is 11.4. The Labute approximate surface area is 157 Å². The highest BCUT2D eigenvalue weighted by Crippen LogP contribution is 2.24. The summed E-state index contributed by atoms with van der Waals surface area (Å²) in [6, 6.07) is 13.1. The summed E-state index contributed by atoms with van der Waals surface area (Å²) in [5.74, 6) is 0.594. The van der Waals surface area contributed by atoms with Crippen molar-refractivity contribution in [1.82, 2.24) is 9.78 Å². The maximum Gasteiger partial charge on any atom is 0.261 e. The number of hydrogen-bond donors (Lipinski definition) is 1. The number of methoxy groups -OCH3 is 1. The number of hydrogen-bond acceptors (Lipinski definition) is 4. The monoisotopic (exact) mass is 391 g/mol. The van der Waals surface area contributed by atoms with Crippen LogP contribution in [0.4, 0.5) is 5.69 Å². The topological polar surface area (TPSA) is 73.2 Å². The van der Waals surface area contributed by atoms with Crippen molar-refractivity contribution in [1.29, 1.82) is 0 Å². The van der Waals surface area contributed by atoms with Crippen LogP contribution < -0.4 is 9.46 Å². The van der Waals surface area contributed by atoms with Gasteiger partial charge in [-0.15, -0.1) is 0 Å². The number of anilines is 1. The van der Waals surface area contributed by atoms with Gasteiger partial charge in [-0.2, -0.15) is 5.10 Å². The molecule has 0 aliphatic heterocycles. The fourth-order valence-electron chi connectivity index (χ4n) is 2.51. The second kappa shape index (κ2) is 7.01. The minimum Gasteiger partial charge on any atom is -0.497 e. The number of aromatic nitrogens is 2. The van der Waals surface area contributed by atoms with Crippen molar-refractivity contribution in [2.75, 3.05) is 11.8 Å². The zero-order chi connectivity index (χ0) is 18.9. The number of nitrogens with one attached hydrogen (secondary N) is 1. The van der Waals surface area contributed by atoms with Crippen LogP contribution in [0.1, 0.15) is 11.4 Å². The molecule has 26 heavy (non-hydrogen) atoms. The molecule has 6 nitrogen and oxygen atoms in total. The van der Waals surface area contributed by atoms with Crippen LogP contribution in [0.25, 0.3) is 5.69 Å². The molecule has 136 valence electrons. The van der Waals surface area contributed by atoms with Crippen molar-refractivity contribution < 1.29 is 13.2 Å². The lowest BCUT2D eigenvalue weighted by molar-refractivity contribution is 0.414. The minimum atomic E-state index is -3.68. The Hall–Kier alpha value is -2.51. The van der Waals surface area contributed by atoms with Crippen LogP contribution in [0, 0.1) is 13.8 Å². The summed E-state index contributed by atoms with van der Waals surface area (Å²) >= 11 is 6.17. The van der Waals surface area contributed by atoms with Crippen LogP contribution in [0.15, 0.2) is 53.4 Å². The molecule has 0 amide bonds. The summed E-state index contributed by atoms with van der Waals surface area (Å²) in [5, 5.41) is 5.00. The Morgan fingerprint density at radius 1 is 1.04 bits per heavy atom. The van der Waals surface area contributed by atoms with E-state index in [0.717, 1.165) is 17.1 Å². The van der Waals surface area contributed by atoms with Gasteiger partial charge in [0.1, 0.15) is 5.75 Å². The molecule has 0 aliphatic rings. The van der Waals surface area contributed by atoms with E-state index in [1.807, 2.05) is 13.8 Å². The molecule has 3 aromatic rings. The number of ether oxygens (including phenoxy) is 1. The van der Waals surface area contributed by atoms with E-state index in [4.69, 9.17) is 16.3 Å². The largest absolute Gasteiger partial charge is 0.497 e. The van der Waals surface area contributed by atoms with Gasteiger partial charge in [0.25, 0.3) is 10.0 Å². The van der Waals surface area contributed by atoms with Gasteiger partial charge in [0.15, 0.2) is 0 Å². The lowest BCUT2D eigenvalue weighted by Gasteiger charge is -2.10. The lowest BCUT2D eigenvalue weighted by atomic mass is 10.3. The fourth-order valence-corrected chi connectivity index (χ4v) is 3.69. The van der Waals surface area contributed by atoms with Gasteiger partial charge in [-0.3, -0.25) is 4.72 Å². The number of aryl methyl sites for hydroxylation is 1. The molecule has 0 saturated carbocycles. The maximum atomic E-state index is 12.5. The molecule has 0 bridgehead atoms. The number of benzene rings is 2. The molecule has 3 rings (SSSR count). The molecule has 1 aromatic heterocycles. The van der Waals surface area contributed by atoms with Crippen molar-refractivity contribution in [2.45, 2.75) is 18.7 Å². The van der Waals surface area contributed by atoms with Crippen molar-refractivity contribution in [3.63, 3.8) is 0 Å². The van der Waals surface area contributed by atoms with E-state index in [0.29, 0.717) is 16.5 Å². The molecule has 8 heteroatoms. The minimum absolute atomic E-state index is 0.160. The fraction of sp³-hybridized carbons (Fsp3) is 0.167. The first-order chi connectivity index (χ1) is 12.3. The van der Waals surface area contributed by atoms with Gasteiger partial charge >= 0.3 is 0 Å². The molecule has 0 atom stereocenters. The van der Waals surface area contributed by atoms with Crippen LogP contribution in [-0.4, -0.2) is 25.3 Å². The zero-order valence-electron chi connectivity index (χ0n) is 14.5. The maximum absolute atomic E-state index is 12.5. The molecule has 0 fully saturated rings. The van der Waals surface area contributed by atoms with E-state index in [1.54, 1.807) is 41.1 Å². The highest BCUT2D eigenvalue weighted by atomic mass is 35.5. The third kappa shape index (κ3) is 3.54. The molecule has 0 spiro atoms. The van der Waals surface area contributed by atoms with Gasteiger partial charge in [0.2, 0.25) is 0 Å². The first kappa shape index (κ1) is 18.3. The van der Waals surface area contributed by atoms with Crippen molar-refractivity contribution in [3.05, 3.63) is 64.9 Å². The number of sulfonamides is 1. The highest BCUT2D eigenvalue weighted by Gasteiger charge is 2.15. The van der Waals surface area contributed by atoms with Gasteiger partial charge in [-0.1, -0.05) is 11.6 Å². The Bertz CT molecular complexity index is 1030. The van der Waals surface area contributed by atoms with Crippen molar-refractivity contribution in [2.24, 2.45) is 0 Å². The Morgan fingerprint density at radius 2 is 1.65 bits per heavy atom. The quantitative estimate of drug-likeness (QED) is 0.714. The number of nitrogens with zero attached hydrogens (tertiary/aromatic N) is 2. The smallest absolute Gasteiger partial charge is 0.261 e. The third-order valence-electron chi connectivity index (χ3n) is 3.94. The molecular weight excluding hydrogens is 374 g/mol. The summed E-state index contributed by atoms with van der Waals surface area (Å²) in [5.41, 5.74) is 2.83. The van der Waals surface area contributed by atoms with Crippen LogP contribution in [0.2, 0.25) is 5.02 Å². The Morgan fingerprint density at radius 3 is 2.15 bits per heavy atom. The van der Waals surface area contributed by atoms with Gasteiger partial charge in [-0.05, 0) is 62.4 Å². The lowest BCUT2D eigenvalue weighted by Crippen LogP contribution is -2.13. The van der Waals surface area contributed by atoms with E-state index in [2.05, 4.69) is 9.82 Å². The van der Waals surface area contributed by atoms with Crippen LogP contribution >= 0.6 is 11.6 Å². The Kier molecular flexibility index (Phi) is 4.93. The average Bonchev–Trinajstić information content (AvgIpc) is 2.89. The molecule has 1 heterocycles. The summed E-state index contributed by atoms with van der Waals surface area (Å²) in [4.78, 5) is 0.160. The predicted octanol–water partition coefficient (Wildman–Crippen LogP) is 3.95. The summed E-state index contributed by atoms with van der Waals surface area (Å²) in [6.45, 7) is 3.71. The molecule has 0 aliphatic carbocycles. The molecular formula is C18H18ClN3O3S. The van der Waals surface area contributed by atoms with Crippen LogP contribution in [0.3, 0.4) is 0 Å². The number of halogens is 1. The van der Waals surface area contributed by atoms with Crippen LogP contribution in [-0.2, 0) is 10.0 Å². The SMILES string of the molecule is COc1ccc(S(=O)(=O)Nc2ccc(-n3nc(C)c(Cl)c3C)cc2)cc1. The van der Waals surface area contributed by atoms with E-state index < -0.39 is 10.0 Å². The predicted molar refractivity (Wildman–Crippen MR) is 102 cm³/mol. The second-order valence-electron chi connectivity index (χ2n) is 5.72. The average molecular weight is 392 g/mol. The first-order valence-electron chi connectivity index (χ1n) is 7.81. The van der Waals surface area contributed by atoms with E-state index >= 15 is 0 Å². The third-order valence-corrected chi connectivity index (χ3v) is 5.88.